The molecule has 11 aromatic rings. The lowest BCUT2D eigenvalue weighted by atomic mass is 10.0. The molecule has 0 atom stereocenters. The predicted octanol–water partition coefficient (Wildman–Crippen LogP) is 18.7. The summed E-state index contributed by atoms with van der Waals surface area (Å²) in [4.78, 5) is 16.5. The topological polar surface area (TPSA) is 67.2 Å². The van der Waals surface area contributed by atoms with E-state index >= 15 is 35.1 Å². The molecule has 16 heteroatoms. The second-order valence-corrected chi connectivity index (χ2v) is 20.1. The van der Waals surface area contributed by atoms with Crippen molar-refractivity contribution >= 4 is 68.2 Å². The van der Waals surface area contributed by atoms with Crippen LogP contribution in [0.3, 0.4) is 0 Å². The van der Waals surface area contributed by atoms with Gasteiger partial charge in [0.1, 0.15) is 0 Å². The van der Waals surface area contributed by atoms with Crippen molar-refractivity contribution in [2.75, 3.05) is 0 Å². The number of aromatic amines is 2. The van der Waals surface area contributed by atoms with E-state index in [4.69, 9.17) is 9.97 Å². The normalized spacial score (nSPS) is 12.0. The van der Waals surface area contributed by atoms with Crippen molar-refractivity contribution in [1.29, 1.82) is 0 Å². The molecule has 12 bridgehead atoms. The molecule has 5 aromatic heterocycles. The number of nitrogens with zero attached hydrogens (tertiary/aromatic N) is 4. The van der Waals surface area contributed by atoms with Crippen LogP contribution >= 0.6 is 0 Å². The van der Waals surface area contributed by atoms with Crippen LogP contribution in [0.25, 0.3) is 135 Å². The van der Waals surface area contributed by atoms with Crippen molar-refractivity contribution in [3.8, 4) is 66.8 Å². The summed E-state index contributed by atoms with van der Waals surface area (Å²) in [5.74, 6) is -21.5. The van der Waals surface area contributed by atoms with Crippen LogP contribution in [0.15, 0.2) is 170 Å². The first-order valence-electron chi connectivity index (χ1n) is 26.2. The molecule has 84 heavy (non-hydrogen) atoms. The van der Waals surface area contributed by atoms with Gasteiger partial charge in [-0.15, -0.1) is 0 Å². The van der Waals surface area contributed by atoms with Gasteiger partial charge in [0, 0.05) is 92.7 Å². The Balaban J connectivity index is 1.27. The van der Waals surface area contributed by atoms with E-state index in [1.54, 1.807) is 133 Å². The van der Waals surface area contributed by atoms with Gasteiger partial charge < -0.3 is 19.1 Å². The van der Waals surface area contributed by atoms with Gasteiger partial charge in [0.2, 0.25) is 11.6 Å². The zero-order valence-electron chi connectivity index (χ0n) is 44.0. The Morgan fingerprint density at radius 3 is 0.833 bits per heavy atom. The fourth-order valence-corrected chi connectivity index (χ4v) is 11.2. The summed E-state index contributed by atoms with van der Waals surface area (Å²) in [7, 11) is 3.53. The van der Waals surface area contributed by atoms with Gasteiger partial charge in [0.25, 0.3) is 0 Å². The standard InChI is InChI=1S/C68H40F10N6/c1-83-33-39-31-49(83)53(37-19-11-5-12-20-37)43-25-29-47(81-43)55(57-59(69)63(73)67(77)64(74)60(57)70)46-28-24-42(80-46)52(36-17-9-4-10-18-36)40-32-50(84(2)34-40)54(38-21-13-6-14-22-38)44-26-30-48(82-44)56(58-61(71)65(75)68(78)66(76)62(58)72)45-27-23-41(79-45)51(39)35-15-7-3-8-16-35/h3-34,79-80H,1-2H3. The molecule has 2 aliphatic heterocycles. The van der Waals surface area contributed by atoms with Gasteiger partial charge in [-0.3, -0.25) is 0 Å². The lowest BCUT2D eigenvalue weighted by Gasteiger charge is -2.10. The summed E-state index contributed by atoms with van der Waals surface area (Å²) in [5, 5.41) is 1.10. The van der Waals surface area contributed by atoms with Crippen LogP contribution in [0.2, 0.25) is 0 Å². The Hall–Kier alpha value is -10.5. The van der Waals surface area contributed by atoms with E-state index in [2.05, 4.69) is 9.97 Å². The summed E-state index contributed by atoms with van der Waals surface area (Å²) in [5.41, 5.74) is 2.96. The van der Waals surface area contributed by atoms with Crippen molar-refractivity contribution in [2.24, 2.45) is 14.1 Å². The Morgan fingerprint density at radius 1 is 0.286 bits per heavy atom. The molecule has 0 saturated heterocycles. The van der Waals surface area contributed by atoms with Crippen LogP contribution < -0.4 is 0 Å². The van der Waals surface area contributed by atoms with Gasteiger partial charge in [0.15, 0.2) is 46.5 Å². The molecular weight excluding hydrogens is 1090 g/mol. The number of nitrogens with one attached hydrogen (secondary N) is 2. The van der Waals surface area contributed by atoms with E-state index in [1.165, 1.54) is 24.3 Å². The predicted molar refractivity (Wildman–Crippen MR) is 310 cm³/mol. The summed E-state index contributed by atoms with van der Waals surface area (Å²) in [6, 6.07) is 45.9. The third-order valence-corrected chi connectivity index (χ3v) is 15.0. The van der Waals surface area contributed by atoms with Crippen molar-refractivity contribution in [1.82, 2.24) is 29.1 Å². The molecule has 0 aliphatic carbocycles. The van der Waals surface area contributed by atoms with Gasteiger partial charge in [-0.1, -0.05) is 121 Å². The molecule has 2 N–H and O–H groups in total. The lowest BCUT2D eigenvalue weighted by Crippen LogP contribution is -2.05. The zero-order chi connectivity index (χ0) is 58.2. The molecule has 6 nitrogen and oxygen atoms in total. The molecule has 412 valence electrons. The average molecular weight is 1130 g/mol. The van der Waals surface area contributed by atoms with E-state index in [9.17, 15) is 8.78 Å². The minimum atomic E-state index is -2.33. The fraction of sp³-hybridized carbons (Fsp3) is 0.0294. The number of benzene rings is 6. The van der Waals surface area contributed by atoms with Crippen LogP contribution in [0.5, 0.6) is 0 Å². The summed E-state index contributed by atoms with van der Waals surface area (Å²) in [6.07, 6.45) is 9.63. The highest BCUT2D eigenvalue weighted by molar-refractivity contribution is 6.04. The number of hydrogen-bond donors (Lipinski definition) is 2. The van der Waals surface area contributed by atoms with Crippen LogP contribution in [-0.2, 0) is 14.1 Å². The van der Waals surface area contributed by atoms with Gasteiger partial charge in [-0.2, -0.15) is 0 Å². The highest BCUT2D eigenvalue weighted by Gasteiger charge is 2.32. The molecule has 2 aliphatic rings. The third kappa shape index (κ3) is 8.76. The van der Waals surface area contributed by atoms with E-state index in [0.717, 1.165) is 0 Å². The van der Waals surface area contributed by atoms with E-state index in [0.29, 0.717) is 77.3 Å². The molecule has 6 aromatic carbocycles. The highest BCUT2D eigenvalue weighted by atomic mass is 19.2. The van der Waals surface area contributed by atoms with Crippen LogP contribution in [0.1, 0.15) is 22.8 Å². The van der Waals surface area contributed by atoms with Gasteiger partial charge >= 0.3 is 0 Å². The molecule has 7 heterocycles. The molecule has 0 fully saturated rings. The first kappa shape index (κ1) is 52.9. The zero-order valence-corrected chi connectivity index (χ0v) is 44.0. The van der Waals surface area contributed by atoms with E-state index in [1.807, 2.05) is 60.7 Å². The molecule has 0 radical (unpaired) electrons. The average Bonchev–Trinajstić information content (AvgIpc) is 2.38. The highest BCUT2D eigenvalue weighted by Crippen LogP contribution is 2.43. The van der Waals surface area contributed by atoms with Crippen molar-refractivity contribution in [3.05, 3.63) is 251 Å². The van der Waals surface area contributed by atoms with E-state index in [-0.39, 0.29) is 33.8 Å². The number of halogens is 10. The first-order chi connectivity index (χ1) is 40.7. The van der Waals surface area contributed by atoms with E-state index < -0.39 is 80.4 Å². The largest absolute Gasteiger partial charge is 0.354 e. The minimum Gasteiger partial charge on any atom is -0.354 e. The molecule has 13 rings (SSSR count). The number of fused-ring (bicyclic) bond motifs is 12. The number of aromatic nitrogens is 6. The summed E-state index contributed by atoms with van der Waals surface area (Å²) in [6.45, 7) is 0. The Bertz CT molecular complexity index is 4540. The van der Waals surface area contributed by atoms with Crippen LogP contribution in [0, 0.1) is 58.2 Å². The van der Waals surface area contributed by atoms with Crippen molar-refractivity contribution in [3.63, 3.8) is 0 Å². The van der Waals surface area contributed by atoms with Crippen molar-refractivity contribution < 1.29 is 43.9 Å². The second-order valence-electron chi connectivity index (χ2n) is 20.1. The number of rotatable bonds is 6. The number of hydrogen-bond acceptors (Lipinski definition) is 2. The minimum absolute atomic E-state index is 0.0577. The maximum absolute atomic E-state index is 16.5. The molecule has 0 amide bonds. The van der Waals surface area contributed by atoms with Crippen molar-refractivity contribution in [2.45, 2.75) is 0 Å². The van der Waals surface area contributed by atoms with Gasteiger partial charge in [0.05, 0.1) is 44.9 Å². The Kier molecular flexibility index (Phi) is 13.1. The third-order valence-electron chi connectivity index (χ3n) is 15.0. The first-order valence-corrected chi connectivity index (χ1v) is 26.2. The molecular formula is C68H40F10N6. The maximum Gasteiger partial charge on any atom is 0.200 e. The number of aryl methyl sites for hydroxylation is 2. The lowest BCUT2D eigenvalue weighted by molar-refractivity contribution is 0.381. The quantitative estimate of drug-likeness (QED) is 0.0990. The molecule has 0 unspecified atom stereocenters. The van der Waals surface area contributed by atoms with Gasteiger partial charge in [-0.05, 0) is 83.0 Å². The van der Waals surface area contributed by atoms with Crippen LogP contribution in [0.4, 0.5) is 43.9 Å². The smallest absolute Gasteiger partial charge is 0.200 e. The van der Waals surface area contributed by atoms with Crippen LogP contribution in [-0.4, -0.2) is 29.1 Å². The Morgan fingerprint density at radius 2 is 0.536 bits per heavy atom. The molecule has 0 spiro atoms. The second kappa shape index (κ2) is 20.8. The monoisotopic (exact) mass is 1130 g/mol. The molecule has 0 saturated carbocycles. The maximum atomic E-state index is 16.5. The Labute approximate surface area is 471 Å². The van der Waals surface area contributed by atoms with Gasteiger partial charge in [-0.25, -0.2) is 53.9 Å². The number of H-pyrrole nitrogens is 2. The summed E-state index contributed by atoms with van der Waals surface area (Å²) >= 11 is 0. The summed E-state index contributed by atoms with van der Waals surface area (Å²) < 4.78 is 162. The fourth-order valence-electron chi connectivity index (χ4n) is 11.2. The SMILES string of the molecule is Cn1cc2cc1c(-c1ccccc1)c1nc(c(-c3c(F)c(F)c(F)c(F)c3F)c3ccc([nH]3)c(-c3ccccc3)c3cc(c(-c4ccccc4)c4nc(c(-c5c(F)c(F)c(F)c(F)c5F)c5ccc([nH]5)c2-c2ccccc2)C=C4)n(C)c3)C=C1.